The maximum absolute atomic E-state index is 9.12. The van der Waals surface area contributed by atoms with E-state index in [4.69, 9.17) is 19.5 Å². The summed E-state index contributed by atoms with van der Waals surface area (Å²) in [6.45, 7) is 1.47. The fourth-order valence-electron chi connectivity index (χ4n) is 2.77. The van der Waals surface area contributed by atoms with Crippen LogP contribution in [-0.2, 0) is 27.4 Å². The second kappa shape index (κ2) is 8.60. The lowest BCUT2D eigenvalue weighted by Gasteiger charge is -2.19. The highest BCUT2D eigenvalue weighted by molar-refractivity contribution is 5.14. The fraction of sp³-hybridized carbons (Fsp3) is 0.350. The molecule has 1 aliphatic rings. The van der Waals surface area contributed by atoms with Gasteiger partial charge in [-0.05, 0) is 11.1 Å². The van der Waals surface area contributed by atoms with Gasteiger partial charge in [0.25, 0.3) is 0 Å². The van der Waals surface area contributed by atoms with E-state index in [1.807, 2.05) is 60.7 Å². The van der Waals surface area contributed by atoms with Gasteiger partial charge in [0.2, 0.25) is 0 Å². The molecule has 0 saturated carbocycles. The first-order valence-corrected chi connectivity index (χ1v) is 8.17. The van der Waals surface area contributed by atoms with Gasteiger partial charge in [-0.2, -0.15) is 5.26 Å². The molecule has 0 aliphatic carbocycles. The summed E-state index contributed by atoms with van der Waals surface area (Å²) < 4.78 is 17.5. The zero-order chi connectivity index (χ0) is 16.6. The molecule has 1 fully saturated rings. The van der Waals surface area contributed by atoms with Crippen LogP contribution in [0.3, 0.4) is 0 Å². The zero-order valence-electron chi connectivity index (χ0n) is 13.5. The highest BCUT2D eigenvalue weighted by Crippen LogP contribution is 2.24. The van der Waals surface area contributed by atoms with Crippen molar-refractivity contribution < 1.29 is 14.2 Å². The molecule has 3 rings (SSSR count). The van der Waals surface area contributed by atoms with Crippen molar-refractivity contribution in [2.45, 2.75) is 37.9 Å². The van der Waals surface area contributed by atoms with Crippen molar-refractivity contribution in [2.75, 3.05) is 6.61 Å². The third-order valence-corrected chi connectivity index (χ3v) is 4.04. The molecule has 0 bridgehead atoms. The van der Waals surface area contributed by atoms with Crippen LogP contribution in [0.1, 0.15) is 17.5 Å². The Balaban J connectivity index is 1.50. The first-order valence-electron chi connectivity index (χ1n) is 8.17. The SMILES string of the molecule is N#C[C@H]1C[C@@H](OCc2ccccc2)[C@@H](COCc2ccccc2)O1. The average Bonchev–Trinajstić information content (AvgIpc) is 3.04. The molecule has 1 heterocycles. The monoisotopic (exact) mass is 323 g/mol. The van der Waals surface area contributed by atoms with Crippen LogP contribution in [0, 0.1) is 11.3 Å². The third kappa shape index (κ3) is 4.65. The van der Waals surface area contributed by atoms with E-state index in [9.17, 15) is 0 Å². The van der Waals surface area contributed by atoms with Crippen molar-refractivity contribution in [1.29, 1.82) is 5.26 Å². The number of rotatable bonds is 7. The summed E-state index contributed by atoms with van der Waals surface area (Å²) in [5.74, 6) is 0. The minimum atomic E-state index is -0.420. The van der Waals surface area contributed by atoms with Gasteiger partial charge in [-0.25, -0.2) is 0 Å². The molecule has 0 amide bonds. The maximum atomic E-state index is 9.12. The number of hydrogen-bond acceptors (Lipinski definition) is 4. The molecule has 24 heavy (non-hydrogen) atoms. The minimum Gasteiger partial charge on any atom is -0.374 e. The minimum absolute atomic E-state index is 0.120. The quantitative estimate of drug-likeness (QED) is 0.783. The number of nitrogens with zero attached hydrogens (tertiary/aromatic N) is 1. The average molecular weight is 323 g/mol. The van der Waals surface area contributed by atoms with E-state index in [0.717, 1.165) is 11.1 Å². The molecule has 0 N–H and O–H groups in total. The molecule has 124 valence electrons. The number of benzene rings is 2. The molecular formula is C20H21NO3. The molecule has 1 saturated heterocycles. The summed E-state index contributed by atoms with van der Waals surface area (Å²) in [5, 5.41) is 9.12. The largest absolute Gasteiger partial charge is 0.374 e. The van der Waals surface area contributed by atoms with Gasteiger partial charge in [0.15, 0.2) is 0 Å². The molecule has 4 heteroatoms. The van der Waals surface area contributed by atoms with Gasteiger partial charge in [0.05, 0.1) is 32.0 Å². The van der Waals surface area contributed by atoms with Gasteiger partial charge in [0.1, 0.15) is 12.2 Å². The van der Waals surface area contributed by atoms with Crippen LogP contribution >= 0.6 is 0 Å². The van der Waals surface area contributed by atoms with Crippen molar-refractivity contribution in [3.05, 3.63) is 71.8 Å². The lowest BCUT2D eigenvalue weighted by molar-refractivity contribution is -0.0652. The van der Waals surface area contributed by atoms with Gasteiger partial charge in [-0.3, -0.25) is 0 Å². The molecular weight excluding hydrogens is 302 g/mol. The van der Waals surface area contributed by atoms with Crippen molar-refractivity contribution >= 4 is 0 Å². The Kier molecular flexibility index (Phi) is 5.97. The van der Waals surface area contributed by atoms with Crippen molar-refractivity contribution in [2.24, 2.45) is 0 Å². The fourth-order valence-corrected chi connectivity index (χ4v) is 2.77. The predicted octanol–water partition coefficient (Wildman–Crippen LogP) is 3.47. The van der Waals surface area contributed by atoms with Gasteiger partial charge in [0, 0.05) is 6.42 Å². The number of ether oxygens (including phenoxy) is 3. The summed E-state index contributed by atoms with van der Waals surface area (Å²) in [6, 6.07) is 22.2. The topological polar surface area (TPSA) is 51.5 Å². The Morgan fingerprint density at radius 2 is 1.58 bits per heavy atom. The van der Waals surface area contributed by atoms with Crippen LogP contribution in [-0.4, -0.2) is 24.9 Å². The van der Waals surface area contributed by atoms with Gasteiger partial charge in [-0.15, -0.1) is 0 Å². The van der Waals surface area contributed by atoms with Crippen LogP contribution in [0.5, 0.6) is 0 Å². The summed E-state index contributed by atoms with van der Waals surface area (Å²) in [5.41, 5.74) is 2.23. The lowest BCUT2D eigenvalue weighted by Crippen LogP contribution is -2.29. The van der Waals surface area contributed by atoms with E-state index in [1.54, 1.807) is 0 Å². The third-order valence-electron chi connectivity index (χ3n) is 4.04. The van der Waals surface area contributed by atoms with Crippen molar-refractivity contribution in [1.82, 2.24) is 0 Å². The first-order chi connectivity index (χ1) is 11.8. The molecule has 4 nitrogen and oxygen atoms in total. The molecule has 2 aromatic carbocycles. The molecule has 3 atom stereocenters. The Morgan fingerprint density at radius 3 is 2.21 bits per heavy atom. The smallest absolute Gasteiger partial charge is 0.147 e. The lowest BCUT2D eigenvalue weighted by atomic mass is 10.1. The van der Waals surface area contributed by atoms with Crippen LogP contribution < -0.4 is 0 Å². The summed E-state index contributed by atoms with van der Waals surface area (Å²) in [6.07, 6.45) is -0.160. The van der Waals surface area contributed by atoms with E-state index < -0.39 is 6.10 Å². The molecule has 2 aromatic rings. The Labute approximate surface area is 142 Å². The second-order valence-corrected chi connectivity index (χ2v) is 5.86. The van der Waals surface area contributed by atoms with Gasteiger partial charge in [-0.1, -0.05) is 60.7 Å². The molecule has 0 spiro atoms. The van der Waals surface area contributed by atoms with E-state index in [1.165, 1.54) is 0 Å². The zero-order valence-corrected chi connectivity index (χ0v) is 13.5. The number of hydrogen-bond donors (Lipinski definition) is 0. The standard InChI is InChI=1S/C20H21NO3/c21-12-18-11-19(23-14-17-9-5-2-6-10-17)20(24-18)15-22-13-16-7-3-1-4-8-16/h1-10,18-20H,11,13-15H2/t18-,19-,20-/m1/s1. The van der Waals surface area contributed by atoms with Gasteiger partial charge < -0.3 is 14.2 Å². The van der Waals surface area contributed by atoms with Crippen LogP contribution in [0.25, 0.3) is 0 Å². The Hall–Kier alpha value is -2.19. The van der Waals surface area contributed by atoms with E-state index >= 15 is 0 Å². The highest BCUT2D eigenvalue weighted by Gasteiger charge is 2.36. The summed E-state index contributed by atoms with van der Waals surface area (Å²) >= 11 is 0. The van der Waals surface area contributed by atoms with Crippen molar-refractivity contribution in [3.63, 3.8) is 0 Å². The van der Waals surface area contributed by atoms with Crippen LogP contribution in [0.2, 0.25) is 0 Å². The second-order valence-electron chi connectivity index (χ2n) is 5.86. The summed E-state index contributed by atoms with van der Waals surface area (Å²) in [7, 11) is 0. The van der Waals surface area contributed by atoms with Crippen LogP contribution in [0.4, 0.5) is 0 Å². The van der Waals surface area contributed by atoms with E-state index in [2.05, 4.69) is 6.07 Å². The summed E-state index contributed by atoms with van der Waals surface area (Å²) in [4.78, 5) is 0. The maximum Gasteiger partial charge on any atom is 0.147 e. The molecule has 0 radical (unpaired) electrons. The van der Waals surface area contributed by atoms with Gasteiger partial charge >= 0.3 is 0 Å². The van der Waals surface area contributed by atoms with Crippen molar-refractivity contribution in [3.8, 4) is 6.07 Å². The van der Waals surface area contributed by atoms with E-state index in [-0.39, 0.29) is 12.2 Å². The van der Waals surface area contributed by atoms with E-state index in [0.29, 0.717) is 26.2 Å². The highest BCUT2D eigenvalue weighted by atomic mass is 16.6. The van der Waals surface area contributed by atoms with Crippen LogP contribution in [0.15, 0.2) is 60.7 Å². The normalized spacial score (nSPS) is 23.0. The molecule has 0 unspecified atom stereocenters. The molecule has 0 aromatic heterocycles. The number of nitriles is 1. The molecule has 1 aliphatic heterocycles. The predicted molar refractivity (Wildman–Crippen MR) is 90.0 cm³/mol. The first kappa shape index (κ1) is 16.7. The Bertz CT molecular complexity index is 654. The Morgan fingerprint density at radius 1 is 0.958 bits per heavy atom.